The summed E-state index contributed by atoms with van der Waals surface area (Å²) >= 11 is 0. The lowest BCUT2D eigenvalue weighted by molar-refractivity contribution is -0.290. The molecule has 192 valence electrons. The van der Waals surface area contributed by atoms with Gasteiger partial charge in [0, 0.05) is 35.0 Å². The quantitative estimate of drug-likeness (QED) is 0.280. The van der Waals surface area contributed by atoms with Gasteiger partial charge in [-0.2, -0.15) is 10.1 Å². The predicted octanol–water partition coefficient (Wildman–Crippen LogP) is 6.24. The van der Waals surface area contributed by atoms with Crippen molar-refractivity contribution >= 4 is 0 Å². The van der Waals surface area contributed by atoms with E-state index in [1.54, 1.807) is 6.26 Å². The molecule has 0 bridgehead atoms. The average Bonchev–Trinajstić information content (AvgIpc) is 2.65. The molecule has 0 saturated carbocycles. The molecule has 0 unspecified atom stereocenters. The summed E-state index contributed by atoms with van der Waals surface area (Å²) in [5, 5.41) is 4.34. The number of hydrogen-bond acceptors (Lipinski definition) is 6. The smallest absolute Gasteiger partial charge is 0.109 e. The molecule has 0 radical (unpaired) electrons. The summed E-state index contributed by atoms with van der Waals surface area (Å²) in [6.45, 7) is 23.9. The van der Waals surface area contributed by atoms with Crippen molar-refractivity contribution in [3.63, 3.8) is 0 Å². The van der Waals surface area contributed by atoms with E-state index in [1.807, 2.05) is 19.3 Å². The molecular weight excluding hydrogens is 416 g/mol. The summed E-state index contributed by atoms with van der Waals surface area (Å²) in [5.74, 6) is 0.465. The van der Waals surface area contributed by atoms with Gasteiger partial charge in [0.05, 0.1) is 25.7 Å². The standard InChI is InChI=1S/C27H50N2O4/c1-11-32-28-24(3,4)18-22(19-25(28,5)6)14-17-30-15-13-16-31-23-20-26(7,8)29(33-12-2)27(9,10)21-23/h13-14,16-17,22-23H,11-12,15,18-21H2,1-10H3. The van der Waals surface area contributed by atoms with Crippen LogP contribution in [0.15, 0.2) is 24.7 Å². The number of hydrogen-bond donors (Lipinski definition) is 0. The summed E-state index contributed by atoms with van der Waals surface area (Å²) in [6.07, 6.45) is 11.9. The van der Waals surface area contributed by atoms with Gasteiger partial charge in [0.25, 0.3) is 0 Å². The lowest BCUT2D eigenvalue weighted by Crippen LogP contribution is -2.61. The first-order chi connectivity index (χ1) is 15.2. The molecule has 0 aromatic carbocycles. The van der Waals surface area contributed by atoms with E-state index in [9.17, 15) is 0 Å². The van der Waals surface area contributed by atoms with Gasteiger partial charge in [0.15, 0.2) is 0 Å². The maximum absolute atomic E-state index is 6.08. The summed E-state index contributed by atoms with van der Waals surface area (Å²) in [5.41, 5.74) is -0.177. The minimum absolute atomic E-state index is 0.0141. The molecule has 0 aromatic rings. The SMILES string of the molecule is CCON1C(C)(C)CC(C=COCC=COC2CC(C)(C)N(OCC)C(C)(C)C2)CC1(C)C. The van der Waals surface area contributed by atoms with Crippen molar-refractivity contribution in [1.82, 2.24) is 10.1 Å². The highest BCUT2D eigenvalue weighted by molar-refractivity contribution is 5.02. The Morgan fingerprint density at radius 2 is 1.15 bits per heavy atom. The largest absolute Gasteiger partial charge is 0.498 e. The topological polar surface area (TPSA) is 43.4 Å². The van der Waals surface area contributed by atoms with E-state index < -0.39 is 0 Å². The molecule has 2 aliphatic rings. The maximum Gasteiger partial charge on any atom is 0.109 e. The van der Waals surface area contributed by atoms with Gasteiger partial charge in [0.1, 0.15) is 12.7 Å². The van der Waals surface area contributed by atoms with Gasteiger partial charge in [-0.1, -0.05) is 0 Å². The maximum atomic E-state index is 6.08. The molecule has 2 heterocycles. The van der Waals surface area contributed by atoms with Crippen molar-refractivity contribution in [1.29, 1.82) is 0 Å². The molecule has 0 amide bonds. The molecule has 6 heteroatoms. The molecule has 0 aromatic heterocycles. The van der Waals surface area contributed by atoms with Crippen molar-refractivity contribution in [2.45, 2.75) is 123 Å². The second-order valence-electron chi connectivity index (χ2n) is 12.0. The lowest BCUT2D eigenvalue weighted by Gasteiger charge is -2.53. The van der Waals surface area contributed by atoms with Crippen LogP contribution in [0.2, 0.25) is 0 Å². The first kappa shape index (κ1) is 28.2. The molecule has 0 atom stereocenters. The monoisotopic (exact) mass is 466 g/mol. The fourth-order valence-electron chi connectivity index (χ4n) is 6.19. The highest BCUT2D eigenvalue weighted by Gasteiger charge is 2.47. The zero-order chi connectivity index (χ0) is 24.9. The number of nitrogens with zero attached hydrogens (tertiary/aromatic N) is 2. The van der Waals surface area contributed by atoms with Crippen LogP contribution < -0.4 is 0 Å². The van der Waals surface area contributed by atoms with Crippen LogP contribution in [0, 0.1) is 5.92 Å². The van der Waals surface area contributed by atoms with Crippen LogP contribution in [0.25, 0.3) is 0 Å². The van der Waals surface area contributed by atoms with Crippen molar-refractivity contribution in [2.24, 2.45) is 5.92 Å². The molecule has 33 heavy (non-hydrogen) atoms. The summed E-state index contributed by atoms with van der Waals surface area (Å²) in [7, 11) is 0. The first-order valence-corrected chi connectivity index (χ1v) is 12.7. The van der Waals surface area contributed by atoms with E-state index in [-0.39, 0.29) is 28.3 Å². The second-order valence-corrected chi connectivity index (χ2v) is 12.0. The van der Waals surface area contributed by atoms with Gasteiger partial charge >= 0.3 is 0 Å². The van der Waals surface area contributed by atoms with E-state index in [1.165, 1.54) is 0 Å². The minimum Gasteiger partial charge on any atom is -0.498 e. The van der Waals surface area contributed by atoms with Gasteiger partial charge < -0.3 is 9.47 Å². The molecule has 2 rings (SSSR count). The van der Waals surface area contributed by atoms with Crippen LogP contribution in [-0.4, -0.2) is 58.2 Å². The van der Waals surface area contributed by atoms with Crippen molar-refractivity contribution < 1.29 is 19.1 Å². The Labute approximate surface area is 203 Å². The molecule has 2 fully saturated rings. The molecule has 0 N–H and O–H groups in total. The Bertz CT molecular complexity index is 633. The van der Waals surface area contributed by atoms with Crippen molar-refractivity contribution in [2.75, 3.05) is 19.8 Å². The number of piperidine rings is 2. The Kier molecular flexibility index (Phi) is 9.48. The van der Waals surface area contributed by atoms with Gasteiger partial charge in [-0.05, 0) is 100 Å². The molecule has 0 spiro atoms. The second kappa shape index (κ2) is 11.1. The lowest BCUT2D eigenvalue weighted by atomic mass is 9.75. The Balaban J connectivity index is 1.79. The van der Waals surface area contributed by atoms with E-state index in [4.69, 9.17) is 19.1 Å². The van der Waals surface area contributed by atoms with Gasteiger partial charge in [0.2, 0.25) is 0 Å². The highest BCUT2D eigenvalue weighted by atomic mass is 16.7. The number of ether oxygens (including phenoxy) is 2. The molecule has 2 saturated heterocycles. The van der Waals surface area contributed by atoms with Crippen LogP contribution in [-0.2, 0) is 19.1 Å². The van der Waals surface area contributed by atoms with Gasteiger partial charge in [-0.3, -0.25) is 9.68 Å². The number of rotatable bonds is 10. The van der Waals surface area contributed by atoms with E-state index in [0.717, 1.165) is 25.7 Å². The van der Waals surface area contributed by atoms with Gasteiger partial charge in [-0.15, -0.1) is 0 Å². The van der Waals surface area contributed by atoms with Crippen LogP contribution in [0.4, 0.5) is 0 Å². The van der Waals surface area contributed by atoms with E-state index in [2.05, 4.69) is 78.5 Å². The molecule has 6 nitrogen and oxygen atoms in total. The van der Waals surface area contributed by atoms with E-state index >= 15 is 0 Å². The Morgan fingerprint density at radius 3 is 1.61 bits per heavy atom. The predicted molar refractivity (Wildman–Crippen MR) is 134 cm³/mol. The first-order valence-electron chi connectivity index (χ1n) is 12.7. The normalized spacial score (nSPS) is 26.2. The van der Waals surface area contributed by atoms with Crippen LogP contribution in [0.3, 0.4) is 0 Å². The van der Waals surface area contributed by atoms with Crippen LogP contribution >= 0.6 is 0 Å². The number of allylic oxidation sites excluding steroid dienone is 1. The zero-order valence-corrected chi connectivity index (χ0v) is 22.9. The van der Waals surface area contributed by atoms with Crippen molar-refractivity contribution in [3.05, 3.63) is 24.7 Å². The average molecular weight is 467 g/mol. The summed E-state index contributed by atoms with van der Waals surface area (Å²) < 4.78 is 11.8. The van der Waals surface area contributed by atoms with Crippen LogP contribution in [0.1, 0.15) is 94.9 Å². The van der Waals surface area contributed by atoms with Crippen molar-refractivity contribution in [3.8, 4) is 0 Å². The fourth-order valence-corrected chi connectivity index (χ4v) is 6.19. The number of hydroxylamine groups is 4. The Hall–Kier alpha value is -1.08. The third-order valence-electron chi connectivity index (χ3n) is 6.70. The summed E-state index contributed by atoms with van der Waals surface area (Å²) in [6, 6.07) is 0. The third-order valence-corrected chi connectivity index (χ3v) is 6.70. The summed E-state index contributed by atoms with van der Waals surface area (Å²) in [4.78, 5) is 11.9. The molecule has 2 aliphatic heterocycles. The zero-order valence-electron chi connectivity index (χ0n) is 22.9. The van der Waals surface area contributed by atoms with E-state index in [0.29, 0.717) is 25.7 Å². The fraction of sp³-hybridized carbons (Fsp3) is 0.852. The Morgan fingerprint density at radius 1 is 0.697 bits per heavy atom. The highest BCUT2D eigenvalue weighted by Crippen LogP contribution is 2.42. The third kappa shape index (κ3) is 7.45. The van der Waals surface area contributed by atoms with Gasteiger partial charge in [-0.25, -0.2) is 0 Å². The molecule has 0 aliphatic carbocycles. The molecular formula is C27H50N2O4. The van der Waals surface area contributed by atoms with Crippen LogP contribution in [0.5, 0.6) is 0 Å². The minimum atomic E-state index is -0.0746.